The van der Waals surface area contributed by atoms with Gasteiger partial charge in [0.1, 0.15) is 0 Å². The molecule has 1 aliphatic heterocycles. The molecule has 1 heterocycles. The molecule has 1 fully saturated rings. The van der Waals surface area contributed by atoms with Crippen LogP contribution in [-0.4, -0.2) is 25.2 Å². The molecule has 0 amide bonds. The SMILES string of the molecule is C[C@@H]1CN(c2ccc(Cl)cc2)C[C@@H](C)N1.Cl. The van der Waals surface area contributed by atoms with Gasteiger partial charge in [-0.25, -0.2) is 0 Å². The van der Waals surface area contributed by atoms with E-state index in [2.05, 4.69) is 36.2 Å². The summed E-state index contributed by atoms with van der Waals surface area (Å²) in [4.78, 5) is 2.40. The number of piperazine rings is 1. The smallest absolute Gasteiger partial charge is 0.0407 e. The molecule has 0 saturated carbocycles. The van der Waals surface area contributed by atoms with Crippen LogP contribution in [0.3, 0.4) is 0 Å². The van der Waals surface area contributed by atoms with Gasteiger partial charge < -0.3 is 10.2 Å². The largest absolute Gasteiger partial charge is 0.368 e. The van der Waals surface area contributed by atoms with Crippen molar-refractivity contribution in [2.75, 3.05) is 18.0 Å². The summed E-state index contributed by atoms with van der Waals surface area (Å²) in [6.45, 7) is 6.56. The first-order chi connectivity index (χ1) is 7.15. The highest BCUT2D eigenvalue weighted by molar-refractivity contribution is 6.30. The van der Waals surface area contributed by atoms with Crippen molar-refractivity contribution < 1.29 is 0 Å². The zero-order valence-corrected chi connectivity index (χ0v) is 11.2. The van der Waals surface area contributed by atoms with Gasteiger partial charge in [-0.05, 0) is 38.1 Å². The van der Waals surface area contributed by atoms with Crippen molar-refractivity contribution in [3.63, 3.8) is 0 Å². The average molecular weight is 261 g/mol. The predicted octanol–water partition coefficient (Wildman–Crippen LogP) is 2.95. The molecule has 0 unspecified atom stereocenters. The second-order valence-electron chi connectivity index (χ2n) is 4.35. The van der Waals surface area contributed by atoms with Crippen LogP contribution in [0.25, 0.3) is 0 Å². The van der Waals surface area contributed by atoms with E-state index in [4.69, 9.17) is 11.6 Å². The lowest BCUT2D eigenvalue weighted by Gasteiger charge is -2.37. The zero-order valence-electron chi connectivity index (χ0n) is 9.61. The summed E-state index contributed by atoms with van der Waals surface area (Å²) in [5.74, 6) is 0. The number of anilines is 1. The van der Waals surface area contributed by atoms with Crippen molar-refractivity contribution in [2.45, 2.75) is 25.9 Å². The number of nitrogens with zero attached hydrogens (tertiary/aromatic N) is 1. The highest BCUT2D eigenvalue weighted by atomic mass is 35.5. The minimum absolute atomic E-state index is 0. The lowest BCUT2D eigenvalue weighted by molar-refractivity contribution is 0.407. The zero-order chi connectivity index (χ0) is 10.8. The van der Waals surface area contributed by atoms with E-state index in [1.54, 1.807) is 0 Å². The second-order valence-corrected chi connectivity index (χ2v) is 4.79. The van der Waals surface area contributed by atoms with Crippen molar-refractivity contribution in [3.8, 4) is 0 Å². The van der Waals surface area contributed by atoms with Gasteiger partial charge in [0, 0.05) is 35.9 Å². The summed E-state index contributed by atoms with van der Waals surface area (Å²) in [5.41, 5.74) is 1.26. The Hall–Kier alpha value is -0.440. The Morgan fingerprint density at radius 2 is 1.62 bits per heavy atom. The first-order valence-electron chi connectivity index (χ1n) is 5.41. The molecule has 16 heavy (non-hydrogen) atoms. The second kappa shape index (κ2) is 5.76. The van der Waals surface area contributed by atoms with Crippen molar-refractivity contribution in [1.29, 1.82) is 0 Å². The standard InChI is InChI=1S/C12H17ClN2.ClH/c1-9-7-15(8-10(2)14-9)12-5-3-11(13)4-6-12;/h3-6,9-10,14H,7-8H2,1-2H3;1H/t9-,10-;/m1./s1. The Kier molecular flexibility index (Phi) is 4.90. The summed E-state index contributed by atoms with van der Waals surface area (Å²) < 4.78 is 0. The fourth-order valence-corrected chi connectivity index (χ4v) is 2.32. The molecule has 2 rings (SSSR count). The van der Waals surface area contributed by atoms with Crippen LogP contribution in [0, 0.1) is 0 Å². The van der Waals surface area contributed by atoms with Crippen molar-refractivity contribution in [3.05, 3.63) is 29.3 Å². The van der Waals surface area contributed by atoms with Crippen molar-refractivity contribution >= 4 is 29.7 Å². The molecule has 1 aliphatic rings. The molecule has 0 aromatic heterocycles. The van der Waals surface area contributed by atoms with E-state index in [0.29, 0.717) is 12.1 Å². The summed E-state index contributed by atoms with van der Waals surface area (Å²) in [6.07, 6.45) is 0. The van der Waals surface area contributed by atoms with Gasteiger partial charge in [0.15, 0.2) is 0 Å². The highest BCUT2D eigenvalue weighted by Crippen LogP contribution is 2.20. The van der Waals surface area contributed by atoms with Crippen LogP contribution in [0.2, 0.25) is 5.02 Å². The third kappa shape index (κ3) is 3.27. The molecule has 1 aromatic carbocycles. The molecular weight excluding hydrogens is 243 g/mol. The topological polar surface area (TPSA) is 15.3 Å². The third-order valence-corrected chi connectivity index (χ3v) is 3.00. The highest BCUT2D eigenvalue weighted by Gasteiger charge is 2.20. The Labute approximate surface area is 108 Å². The quantitative estimate of drug-likeness (QED) is 0.836. The third-order valence-electron chi connectivity index (χ3n) is 2.75. The Morgan fingerprint density at radius 3 is 2.12 bits per heavy atom. The molecule has 0 spiro atoms. The normalized spacial score (nSPS) is 25.1. The monoisotopic (exact) mass is 260 g/mol. The average Bonchev–Trinajstić information content (AvgIpc) is 2.17. The fraction of sp³-hybridized carbons (Fsp3) is 0.500. The number of benzene rings is 1. The molecule has 2 nitrogen and oxygen atoms in total. The van der Waals surface area contributed by atoms with Crippen LogP contribution in [0.4, 0.5) is 5.69 Å². The minimum atomic E-state index is 0. The van der Waals surface area contributed by atoms with Crippen LogP contribution in [0.1, 0.15) is 13.8 Å². The van der Waals surface area contributed by atoms with Gasteiger partial charge in [0.05, 0.1) is 0 Å². The van der Waals surface area contributed by atoms with Crippen LogP contribution in [-0.2, 0) is 0 Å². The molecule has 1 N–H and O–H groups in total. The Balaban J connectivity index is 0.00000128. The number of hydrogen-bond acceptors (Lipinski definition) is 2. The molecule has 2 atom stereocenters. The summed E-state index contributed by atoms with van der Waals surface area (Å²) in [5, 5.41) is 4.32. The summed E-state index contributed by atoms with van der Waals surface area (Å²) >= 11 is 5.88. The molecular formula is C12H18Cl2N2. The molecule has 1 aromatic rings. The van der Waals surface area contributed by atoms with E-state index >= 15 is 0 Å². The maximum Gasteiger partial charge on any atom is 0.0407 e. The van der Waals surface area contributed by atoms with Crippen molar-refractivity contribution in [2.24, 2.45) is 0 Å². The van der Waals surface area contributed by atoms with E-state index in [9.17, 15) is 0 Å². The van der Waals surface area contributed by atoms with E-state index in [1.165, 1.54) is 5.69 Å². The Morgan fingerprint density at radius 1 is 1.12 bits per heavy atom. The van der Waals surface area contributed by atoms with Gasteiger partial charge in [-0.15, -0.1) is 12.4 Å². The Bertz CT molecular complexity index is 316. The van der Waals surface area contributed by atoms with Crippen LogP contribution in [0.5, 0.6) is 0 Å². The molecule has 90 valence electrons. The molecule has 4 heteroatoms. The van der Waals surface area contributed by atoms with Gasteiger partial charge >= 0.3 is 0 Å². The number of halogens is 2. The predicted molar refractivity (Wildman–Crippen MR) is 73.0 cm³/mol. The van der Waals surface area contributed by atoms with E-state index in [-0.39, 0.29) is 12.4 Å². The lowest BCUT2D eigenvalue weighted by atomic mass is 10.1. The summed E-state index contributed by atoms with van der Waals surface area (Å²) in [7, 11) is 0. The summed E-state index contributed by atoms with van der Waals surface area (Å²) in [6, 6.07) is 9.18. The van der Waals surface area contributed by atoms with Gasteiger partial charge in [0.2, 0.25) is 0 Å². The first kappa shape index (κ1) is 13.6. The first-order valence-corrected chi connectivity index (χ1v) is 5.79. The van der Waals surface area contributed by atoms with Gasteiger partial charge in [-0.2, -0.15) is 0 Å². The minimum Gasteiger partial charge on any atom is -0.368 e. The van der Waals surface area contributed by atoms with Crippen LogP contribution in [0.15, 0.2) is 24.3 Å². The fourth-order valence-electron chi connectivity index (χ4n) is 2.19. The van der Waals surface area contributed by atoms with Gasteiger partial charge in [0.25, 0.3) is 0 Å². The lowest BCUT2D eigenvalue weighted by Crippen LogP contribution is -2.54. The number of hydrogen-bond donors (Lipinski definition) is 1. The van der Waals surface area contributed by atoms with E-state index in [1.807, 2.05) is 12.1 Å². The van der Waals surface area contributed by atoms with Gasteiger partial charge in [-0.3, -0.25) is 0 Å². The molecule has 1 saturated heterocycles. The van der Waals surface area contributed by atoms with Crippen molar-refractivity contribution in [1.82, 2.24) is 5.32 Å². The maximum absolute atomic E-state index is 5.88. The van der Waals surface area contributed by atoms with Gasteiger partial charge in [-0.1, -0.05) is 11.6 Å². The van der Waals surface area contributed by atoms with E-state index in [0.717, 1.165) is 18.1 Å². The molecule has 0 radical (unpaired) electrons. The van der Waals surface area contributed by atoms with E-state index < -0.39 is 0 Å². The molecule has 0 aliphatic carbocycles. The number of nitrogens with one attached hydrogen (secondary N) is 1. The molecule has 0 bridgehead atoms. The van der Waals surface area contributed by atoms with Crippen LogP contribution < -0.4 is 10.2 Å². The maximum atomic E-state index is 5.88. The van der Waals surface area contributed by atoms with Crippen LogP contribution >= 0.6 is 24.0 Å². The number of rotatable bonds is 1.